The number of phenolic OH excluding ortho intramolecular Hbond substituents is 1. The second kappa shape index (κ2) is 10.8. The van der Waals surface area contributed by atoms with Gasteiger partial charge in [-0.25, -0.2) is 0 Å². The highest BCUT2D eigenvalue weighted by Gasteiger charge is 2.17. The maximum Gasteiger partial charge on any atom is 0.303 e. The summed E-state index contributed by atoms with van der Waals surface area (Å²) in [6, 6.07) is 20.4. The molecule has 0 aliphatic heterocycles. The van der Waals surface area contributed by atoms with Crippen molar-refractivity contribution in [1.29, 1.82) is 0 Å². The Labute approximate surface area is 192 Å². The standard InChI is InChI=1S/C26H26ClNO4/c1-17(21-5-3-6-22(27)16-21)26(32)28-23-15-20(12-13-24(23)29)14-19-10-8-18(9-11-19)4-2-7-25(30)31/h3,5-6,8-13,15-17,29H,2,4,7,14H2,1H3,(H,28,32)(H,30,31). The summed E-state index contributed by atoms with van der Waals surface area (Å²) in [5, 5.41) is 22.4. The molecule has 0 saturated carbocycles. The summed E-state index contributed by atoms with van der Waals surface area (Å²) in [6.45, 7) is 1.79. The van der Waals surface area contributed by atoms with E-state index in [1.807, 2.05) is 36.4 Å². The molecular formula is C26H26ClNO4. The van der Waals surface area contributed by atoms with E-state index < -0.39 is 11.9 Å². The van der Waals surface area contributed by atoms with Gasteiger partial charge in [-0.15, -0.1) is 0 Å². The van der Waals surface area contributed by atoms with Gasteiger partial charge in [0.15, 0.2) is 0 Å². The van der Waals surface area contributed by atoms with E-state index in [0.717, 1.165) is 28.7 Å². The Balaban J connectivity index is 1.65. The largest absolute Gasteiger partial charge is 0.506 e. The van der Waals surface area contributed by atoms with Crippen LogP contribution in [0.3, 0.4) is 0 Å². The maximum absolute atomic E-state index is 12.7. The lowest BCUT2D eigenvalue weighted by Crippen LogP contribution is -2.19. The molecule has 0 bridgehead atoms. The summed E-state index contributed by atoms with van der Waals surface area (Å²) in [7, 11) is 0. The third kappa shape index (κ3) is 6.59. The van der Waals surface area contributed by atoms with Crippen molar-refractivity contribution < 1.29 is 19.8 Å². The van der Waals surface area contributed by atoms with Gasteiger partial charge in [0.05, 0.1) is 11.6 Å². The molecular weight excluding hydrogens is 426 g/mol. The zero-order valence-corrected chi connectivity index (χ0v) is 18.6. The fourth-order valence-corrected chi connectivity index (χ4v) is 3.66. The van der Waals surface area contributed by atoms with Gasteiger partial charge in [-0.3, -0.25) is 9.59 Å². The Morgan fingerprint density at radius 3 is 2.34 bits per heavy atom. The molecule has 5 nitrogen and oxygen atoms in total. The van der Waals surface area contributed by atoms with E-state index in [4.69, 9.17) is 16.7 Å². The zero-order chi connectivity index (χ0) is 23.1. The third-order valence-corrected chi connectivity index (χ3v) is 5.58. The number of aliphatic carboxylic acids is 1. The molecule has 1 unspecified atom stereocenters. The minimum Gasteiger partial charge on any atom is -0.506 e. The summed E-state index contributed by atoms with van der Waals surface area (Å²) in [5.41, 5.74) is 4.30. The first-order valence-electron chi connectivity index (χ1n) is 10.5. The van der Waals surface area contributed by atoms with Crippen LogP contribution in [0.25, 0.3) is 0 Å². The highest BCUT2D eigenvalue weighted by molar-refractivity contribution is 6.30. The van der Waals surface area contributed by atoms with Crippen LogP contribution < -0.4 is 5.32 Å². The van der Waals surface area contributed by atoms with Crippen LogP contribution in [-0.4, -0.2) is 22.1 Å². The van der Waals surface area contributed by atoms with Crippen molar-refractivity contribution in [3.05, 3.63) is 94.0 Å². The van der Waals surface area contributed by atoms with E-state index in [2.05, 4.69) is 5.32 Å². The molecule has 3 rings (SSSR count). The van der Waals surface area contributed by atoms with Gasteiger partial charge >= 0.3 is 5.97 Å². The number of carboxylic acids is 1. The number of aryl methyl sites for hydroxylation is 1. The van der Waals surface area contributed by atoms with Crippen LogP contribution in [-0.2, 0) is 22.4 Å². The Kier molecular flexibility index (Phi) is 7.90. The number of phenols is 1. The monoisotopic (exact) mass is 451 g/mol. The smallest absolute Gasteiger partial charge is 0.303 e. The van der Waals surface area contributed by atoms with Crippen LogP contribution in [0.4, 0.5) is 5.69 Å². The first-order valence-corrected chi connectivity index (χ1v) is 10.9. The molecule has 0 saturated heterocycles. The van der Waals surface area contributed by atoms with Crippen molar-refractivity contribution in [2.24, 2.45) is 0 Å². The zero-order valence-electron chi connectivity index (χ0n) is 17.8. The fourth-order valence-electron chi connectivity index (χ4n) is 3.46. The number of nitrogens with one attached hydrogen (secondary N) is 1. The topological polar surface area (TPSA) is 86.6 Å². The molecule has 0 aliphatic carbocycles. The van der Waals surface area contributed by atoms with Crippen LogP contribution in [0.5, 0.6) is 5.75 Å². The Hall–Kier alpha value is -3.31. The third-order valence-electron chi connectivity index (χ3n) is 5.35. The van der Waals surface area contributed by atoms with Gasteiger partial charge in [0, 0.05) is 11.4 Å². The number of carboxylic acid groups (broad SMARTS) is 1. The van der Waals surface area contributed by atoms with Gasteiger partial charge in [0.2, 0.25) is 5.91 Å². The molecule has 0 fully saturated rings. The van der Waals surface area contributed by atoms with Gasteiger partial charge in [-0.1, -0.05) is 54.1 Å². The number of halogens is 1. The number of aromatic hydroxyl groups is 1. The molecule has 3 N–H and O–H groups in total. The van der Waals surface area contributed by atoms with Gasteiger partial charge in [-0.2, -0.15) is 0 Å². The molecule has 0 aromatic heterocycles. The first kappa shape index (κ1) is 23.4. The predicted octanol–water partition coefficient (Wildman–Crippen LogP) is 5.79. The quantitative estimate of drug-likeness (QED) is 0.359. The SMILES string of the molecule is CC(C(=O)Nc1cc(Cc2ccc(CCCC(=O)O)cc2)ccc1O)c1cccc(Cl)c1. The van der Waals surface area contributed by atoms with E-state index in [1.54, 1.807) is 37.3 Å². The highest BCUT2D eigenvalue weighted by atomic mass is 35.5. The molecule has 0 aliphatic rings. The molecule has 3 aromatic rings. The highest BCUT2D eigenvalue weighted by Crippen LogP contribution is 2.28. The van der Waals surface area contributed by atoms with Gasteiger partial charge < -0.3 is 15.5 Å². The molecule has 0 radical (unpaired) electrons. The molecule has 166 valence electrons. The van der Waals surface area contributed by atoms with Crippen LogP contribution in [0.15, 0.2) is 66.7 Å². The van der Waals surface area contributed by atoms with E-state index in [0.29, 0.717) is 23.6 Å². The van der Waals surface area contributed by atoms with Crippen LogP contribution in [0, 0.1) is 0 Å². The Bertz CT molecular complexity index is 1100. The molecule has 1 atom stereocenters. The second-order valence-corrected chi connectivity index (χ2v) is 8.29. The number of anilines is 1. The number of hydrogen-bond acceptors (Lipinski definition) is 3. The summed E-state index contributed by atoms with van der Waals surface area (Å²) in [4.78, 5) is 23.3. The molecule has 6 heteroatoms. The minimum atomic E-state index is -0.779. The van der Waals surface area contributed by atoms with Gasteiger partial charge in [0.25, 0.3) is 0 Å². The number of hydrogen-bond donors (Lipinski definition) is 3. The summed E-state index contributed by atoms with van der Waals surface area (Å²) in [5.74, 6) is -1.43. The number of benzene rings is 3. The lowest BCUT2D eigenvalue weighted by molar-refractivity contribution is -0.137. The van der Waals surface area contributed by atoms with E-state index in [1.165, 1.54) is 0 Å². The molecule has 0 heterocycles. The van der Waals surface area contributed by atoms with Crippen molar-refractivity contribution >= 4 is 29.2 Å². The predicted molar refractivity (Wildman–Crippen MR) is 126 cm³/mol. The lowest BCUT2D eigenvalue weighted by atomic mass is 9.99. The van der Waals surface area contributed by atoms with Crippen LogP contribution in [0.2, 0.25) is 5.02 Å². The molecule has 0 spiro atoms. The molecule has 32 heavy (non-hydrogen) atoms. The Morgan fingerprint density at radius 1 is 0.969 bits per heavy atom. The summed E-state index contributed by atoms with van der Waals surface area (Å²) < 4.78 is 0. The van der Waals surface area contributed by atoms with E-state index >= 15 is 0 Å². The summed E-state index contributed by atoms with van der Waals surface area (Å²) >= 11 is 6.03. The molecule has 1 amide bonds. The molecule has 3 aromatic carbocycles. The van der Waals surface area contributed by atoms with Gasteiger partial charge in [0.1, 0.15) is 5.75 Å². The van der Waals surface area contributed by atoms with Gasteiger partial charge in [-0.05, 0) is 72.7 Å². The average Bonchev–Trinajstić information content (AvgIpc) is 2.76. The maximum atomic E-state index is 12.7. The van der Waals surface area contributed by atoms with E-state index in [9.17, 15) is 14.7 Å². The Morgan fingerprint density at radius 2 is 1.66 bits per heavy atom. The van der Waals surface area contributed by atoms with Crippen molar-refractivity contribution in [2.75, 3.05) is 5.32 Å². The number of amides is 1. The minimum absolute atomic E-state index is 0.00849. The van der Waals surface area contributed by atoms with Crippen molar-refractivity contribution in [2.45, 2.75) is 38.5 Å². The van der Waals surface area contributed by atoms with Crippen molar-refractivity contribution in [3.63, 3.8) is 0 Å². The number of rotatable bonds is 9. The van der Waals surface area contributed by atoms with Crippen LogP contribution in [0.1, 0.15) is 47.9 Å². The number of carbonyl (C=O) groups excluding carboxylic acids is 1. The van der Waals surface area contributed by atoms with Crippen molar-refractivity contribution in [1.82, 2.24) is 0 Å². The number of carbonyl (C=O) groups is 2. The lowest BCUT2D eigenvalue weighted by Gasteiger charge is -2.15. The van der Waals surface area contributed by atoms with E-state index in [-0.39, 0.29) is 18.1 Å². The normalized spacial score (nSPS) is 11.7. The second-order valence-electron chi connectivity index (χ2n) is 7.86. The summed E-state index contributed by atoms with van der Waals surface area (Å²) in [6.07, 6.45) is 2.15. The van der Waals surface area contributed by atoms with Crippen LogP contribution >= 0.6 is 11.6 Å². The average molecular weight is 452 g/mol. The fraction of sp³-hybridized carbons (Fsp3) is 0.231. The van der Waals surface area contributed by atoms with Crippen molar-refractivity contribution in [3.8, 4) is 5.75 Å². The first-order chi connectivity index (χ1) is 15.3.